The first-order chi connectivity index (χ1) is 6.24. The van der Waals surface area contributed by atoms with Crippen molar-refractivity contribution in [3.05, 3.63) is 17.7 Å². The molecule has 3 nitrogen and oxygen atoms in total. The molecule has 2 rings (SSSR count). The maximum Gasteiger partial charge on any atom is 0.167 e. The summed E-state index contributed by atoms with van der Waals surface area (Å²) in [4.78, 5) is 17.8. The van der Waals surface area contributed by atoms with Crippen LogP contribution in [0.5, 0.6) is 0 Å². The Morgan fingerprint density at radius 3 is 2.77 bits per heavy atom. The topological polar surface area (TPSA) is 45.8 Å². The van der Waals surface area contributed by atoms with Crippen LogP contribution in [0.4, 0.5) is 0 Å². The van der Waals surface area contributed by atoms with Gasteiger partial charge in [0.25, 0.3) is 0 Å². The van der Waals surface area contributed by atoms with Gasteiger partial charge < -0.3 is 4.98 Å². The quantitative estimate of drug-likeness (QED) is 0.704. The minimum absolute atomic E-state index is 0.182. The molecule has 1 heterocycles. The third-order valence-electron chi connectivity index (χ3n) is 3.00. The Bertz CT molecular complexity index is 310. The second-order valence-electron chi connectivity index (χ2n) is 4.07. The van der Waals surface area contributed by atoms with Gasteiger partial charge in [-0.05, 0) is 12.8 Å². The van der Waals surface area contributed by atoms with Crippen LogP contribution in [0.15, 0.2) is 6.20 Å². The van der Waals surface area contributed by atoms with E-state index < -0.39 is 0 Å². The van der Waals surface area contributed by atoms with E-state index in [9.17, 15) is 4.79 Å². The molecule has 0 amide bonds. The molecular weight excluding hydrogens is 164 g/mol. The van der Waals surface area contributed by atoms with Gasteiger partial charge in [-0.25, -0.2) is 4.98 Å². The van der Waals surface area contributed by atoms with E-state index in [1.54, 1.807) is 6.20 Å². The van der Waals surface area contributed by atoms with Crippen LogP contribution in [0.3, 0.4) is 0 Å². The van der Waals surface area contributed by atoms with Crippen molar-refractivity contribution < 1.29 is 4.79 Å². The third-order valence-corrected chi connectivity index (χ3v) is 3.00. The molecule has 1 aliphatic rings. The second kappa shape index (κ2) is 2.98. The van der Waals surface area contributed by atoms with Gasteiger partial charge in [-0.2, -0.15) is 0 Å². The van der Waals surface area contributed by atoms with Gasteiger partial charge >= 0.3 is 0 Å². The summed E-state index contributed by atoms with van der Waals surface area (Å²) in [6, 6.07) is 0. The standard InChI is InChI=1S/C10H14N2O/c1-10(4-2-3-5-10)9-11-6-8(7-13)12-9/h6-7H,2-5H2,1H3,(H,11,12). The fraction of sp³-hybridized carbons (Fsp3) is 0.600. The predicted molar refractivity (Wildman–Crippen MR) is 49.8 cm³/mol. The molecule has 0 spiro atoms. The number of nitrogens with one attached hydrogen (secondary N) is 1. The smallest absolute Gasteiger partial charge is 0.167 e. The second-order valence-corrected chi connectivity index (χ2v) is 4.07. The molecule has 1 aliphatic carbocycles. The molecule has 0 aromatic carbocycles. The van der Waals surface area contributed by atoms with E-state index in [2.05, 4.69) is 16.9 Å². The van der Waals surface area contributed by atoms with Gasteiger partial charge in [0.1, 0.15) is 5.82 Å². The normalized spacial score (nSPS) is 20.4. The highest BCUT2D eigenvalue weighted by atomic mass is 16.1. The highest BCUT2D eigenvalue weighted by molar-refractivity contribution is 5.71. The van der Waals surface area contributed by atoms with Crippen LogP contribution in [-0.2, 0) is 5.41 Å². The van der Waals surface area contributed by atoms with Crippen LogP contribution in [0.1, 0.15) is 48.9 Å². The summed E-state index contributed by atoms with van der Waals surface area (Å²) in [7, 11) is 0. The highest BCUT2D eigenvalue weighted by Crippen LogP contribution is 2.38. The van der Waals surface area contributed by atoms with Crippen LogP contribution in [0.25, 0.3) is 0 Å². The summed E-state index contributed by atoms with van der Waals surface area (Å²) in [5, 5.41) is 0. The fourth-order valence-electron chi connectivity index (χ4n) is 2.09. The van der Waals surface area contributed by atoms with E-state index in [-0.39, 0.29) is 5.41 Å². The zero-order valence-corrected chi connectivity index (χ0v) is 7.84. The van der Waals surface area contributed by atoms with E-state index >= 15 is 0 Å². The lowest BCUT2D eigenvalue weighted by molar-refractivity contribution is 0.111. The molecular formula is C10H14N2O. The molecule has 0 aliphatic heterocycles. The van der Waals surface area contributed by atoms with E-state index in [1.165, 1.54) is 25.7 Å². The number of carbonyl (C=O) groups is 1. The first kappa shape index (κ1) is 8.48. The third kappa shape index (κ3) is 1.39. The maximum absolute atomic E-state index is 10.5. The van der Waals surface area contributed by atoms with Crippen molar-refractivity contribution in [2.24, 2.45) is 0 Å². The van der Waals surface area contributed by atoms with Crippen LogP contribution in [0.2, 0.25) is 0 Å². The number of carbonyl (C=O) groups excluding carboxylic acids is 1. The molecule has 0 unspecified atom stereocenters. The molecule has 1 N–H and O–H groups in total. The number of nitrogens with zero attached hydrogens (tertiary/aromatic N) is 1. The van der Waals surface area contributed by atoms with Crippen molar-refractivity contribution in [3.63, 3.8) is 0 Å². The minimum Gasteiger partial charge on any atom is -0.339 e. The van der Waals surface area contributed by atoms with Gasteiger partial charge in [-0.15, -0.1) is 0 Å². The minimum atomic E-state index is 0.182. The fourth-order valence-corrected chi connectivity index (χ4v) is 2.09. The van der Waals surface area contributed by atoms with Crippen molar-refractivity contribution in [1.29, 1.82) is 0 Å². The van der Waals surface area contributed by atoms with E-state index in [0.29, 0.717) is 5.69 Å². The molecule has 3 heteroatoms. The van der Waals surface area contributed by atoms with Gasteiger partial charge in [0.15, 0.2) is 6.29 Å². The summed E-state index contributed by atoms with van der Waals surface area (Å²) in [6.45, 7) is 2.22. The molecule has 1 fully saturated rings. The average Bonchev–Trinajstić information content (AvgIpc) is 2.72. The van der Waals surface area contributed by atoms with Gasteiger partial charge in [0, 0.05) is 5.41 Å². The van der Waals surface area contributed by atoms with Crippen LogP contribution in [0, 0.1) is 0 Å². The number of rotatable bonds is 2. The Morgan fingerprint density at radius 2 is 2.23 bits per heavy atom. The molecule has 0 bridgehead atoms. The van der Waals surface area contributed by atoms with Crippen molar-refractivity contribution in [1.82, 2.24) is 9.97 Å². The largest absolute Gasteiger partial charge is 0.339 e. The number of hydrogen-bond acceptors (Lipinski definition) is 2. The maximum atomic E-state index is 10.5. The molecule has 1 aromatic rings. The summed E-state index contributed by atoms with van der Waals surface area (Å²) in [6.07, 6.45) is 7.33. The van der Waals surface area contributed by atoms with E-state index in [1.807, 2.05) is 0 Å². The zero-order valence-electron chi connectivity index (χ0n) is 7.84. The molecule has 1 aromatic heterocycles. The van der Waals surface area contributed by atoms with Crippen molar-refractivity contribution >= 4 is 6.29 Å². The van der Waals surface area contributed by atoms with Crippen LogP contribution < -0.4 is 0 Å². The number of aldehydes is 1. The molecule has 0 atom stereocenters. The van der Waals surface area contributed by atoms with Crippen molar-refractivity contribution in [2.75, 3.05) is 0 Å². The number of aromatic amines is 1. The Hall–Kier alpha value is -1.12. The first-order valence-corrected chi connectivity index (χ1v) is 4.75. The monoisotopic (exact) mass is 178 g/mol. The Morgan fingerprint density at radius 1 is 1.54 bits per heavy atom. The summed E-state index contributed by atoms with van der Waals surface area (Å²) < 4.78 is 0. The number of imidazole rings is 1. The highest BCUT2D eigenvalue weighted by Gasteiger charge is 2.32. The Kier molecular flexibility index (Phi) is 1.94. The SMILES string of the molecule is CC1(c2ncc(C=O)[nH]2)CCCC1. The van der Waals surface area contributed by atoms with Crippen molar-refractivity contribution in [2.45, 2.75) is 38.0 Å². The van der Waals surface area contributed by atoms with Crippen LogP contribution >= 0.6 is 0 Å². The molecule has 0 saturated heterocycles. The number of hydrogen-bond donors (Lipinski definition) is 1. The summed E-state index contributed by atoms with van der Waals surface area (Å²) >= 11 is 0. The van der Waals surface area contributed by atoms with E-state index in [4.69, 9.17) is 0 Å². The Labute approximate surface area is 77.6 Å². The van der Waals surface area contributed by atoms with Crippen molar-refractivity contribution in [3.8, 4) is 0 Å². The van der Waals surface area contributed by atoms with E-state index in [0.717, 1.165) is 12.1 Å². The zero-order chi connectivity index (χ0) is 9.31. The lowest BCUT2D eigenvalue weighted by atomic mass is 9.88. The van der Waals surface area contributed by atoms with Gasteiger partial charge in [-0.3, -0.25) is 4.79 Å². The lowest BCUT2D eigenvalue weighted by Crippen LogP contribution is -2.18. The molecule has 13 heavy (non-hydrogen) atoms. The number of aromatic nitrogens is 2. The average molecular weight is 178 g/mol. The van der Waals surface area contributed by atoms with Gasteiger partial charge in [0.2, 0.25) is 0 Å². The molecule has 1 saturated carbocycles. The van der Waals surface area contributed by atoms with Gasteiger partial charge in [0.05, 0.1) is 11.9 Å². The first-order valence-electron chi connectivity index (χ1n) is 4.75. The summed E-state index contributed by atoms with van der Waals surface area (Å²) in [5.41, 5.74) is 0.768. The lowest BCUT2D eigenvalue weighted by Gasteiger charge is -2.19. The molecule has 70 valence electrons. The molecule has 0 radical (unpaired) electrons. The Balaban J connectivity index is 2.28. The van der Waals surface area contributed by atoms with Gasteiger partial charge in [-0.1, -0.05) is 19.8 Å². The summed E-state index contributed by atoms with van der Waals surface area (Å²) in [5.74, 6) is 0.979. The predicted octanol–water partition coefficient (Wildman–Crippen LogP) is 2.05. The number of H-pyrrole nitrogens is 1. The van der Waals surface area contributed by atoms with Crippen LogP contribution in [-0.4, -0.2) is 16.3 Å².